The average Bonchev–Trinajstić information content (AvgIpc) is 3.45. The largest absolute Gasteiger partial charge is 0.387 e. The molecular formula is C18H18ClN7. The van der Waals surface area contributed by atoms with E-state index in [1.807, 2.05) is 24.3 Å². The number of aromatic nitrogens is 2. The minimum atomic E-state index is 0.270. The van der Waals surface area contributed by atoms with Crippen LogP contribution in [0.1, 0.15) is 24.8 Å². The van der Waals surface area contributed by atoms with Crippen molar-refractivity contribution in [1.82, 2.24) is 9.97 Å². The summed E-state index contributed by atoms with van der Waals surface area (Å²) in [4.78, 5) is 12.7. The number of hydrogen-bond acceptors (Lipinski definition) is 6. The normalized spacial score (nSPS) is 13.9. The number of nitrogens with one attached hydrogen (secondary N) is 2. The smallest absolute Gasteiger partial charge is 0.229 e. The number of benzene rings is 1. The monoisotopic (exact) mass is 367 g/mol. The fourth-order valence-corrected chi connectivity index (χ4v) is 2.50. The first-order chi connectivity index (χ1) is 12.5. The lowest BCUT2D eigenvalue weighted by Crippen LogP contribution is -2.17. The van der Waals surface area contributed by atoms with Crippen molar-refractivity contribution in [1.29, 1.82) is 10.7 Å². The highest BCUT2D eigenvalue weighted by Gasteiger charge is 2.26. The number of nitrogens with zero attached hydrogens (tertiary/aromatic N) is 4. The summed E-state index contributed by atoms with van der Waals surface area (Å²) in [6, 6.07) is 9.53. The molecule has 1 fully saturated rings. The summed E-state index contributed by atoms with van der Waals surface area (Å²) in [6.07, 6.45) is 4.27. The van der Waals surface area contributed by atoms with Gasteiger partial charge in [0.25, 0.3) is 0 Å². The van der Waals surface area contributed by atoms with Crippen LogP contribution >= 0.6 is 11.6 Å². The van der Waals surface area contributed by atoms with Gasteiger partial charge in [0.1, 0.15) is 10.9 Å². The number of amidine groups is 1. The maximum atomic E-state index is 8.71. The topological polar surface area (TPSA) is 124 Å². The molecule has 0 radical (unpaired) electrons. The van der Waals surface area contributed by atoms with Crippen molar-refractivity contribution in [2.24, 2.45) is 16.6 Å². The number of nitrogens with two attached hydrogens (primary N) is 1. The van der Waals surface area contributed by atoms with Crippen LogP contribution in [0.5, 0.6) is 0 Å². The minimum absolute atomic E-state index is 0.270. The number of hydrogen-bond donors (Lipinski definition) is 3. The van der Waals surface area contributed by atoms with Crippen LogP contribution < -0.4 is 11.1 Å². The Morgan fingerprint density at radius 3 is 2.77 bits per heavy atom. The van der Waals surface area contributed by atoms with Crippen LogP contribution in [0, 0.1) is 22.7 Å². The first-order valence-electron chi connectivity index (χ1n) is 8.21. The third-order valence-electron chi connectivity index (χ3n) is 3.91. The fourth-order valence-electron chi connectivity index (χ4n) is 2.37. The van der Waals surface area contributed by atoms with E-state index < -0.39 is 0 Å². The molecule has 1 aromatic carbocycles. The zero-order chi connectivity index (χ0) is 18.5. The van der Waals surface area contributed by atoms with Gasteiger partial charge in [-0.2, -0.15) is 10.2 Å². The van der Waals surface area contributed by atoms with Gasteiger partial charge in [0.2, 0.25) is 5.95 Å². The Bertz CT molecular complexity index is 879. The summed E-state index contributed by atoms with van der Waals surface area (Å²) >= 11 is 6.11. The molecule has 0 atom stereocenters. The molecule has 1 aliphatic rings. The van der Waals surface area contributed by atoms with Gasteiger partial charge in [0, 0.05) is 17.8 Å². The molecule has 0 bridgehead atoms. The highest BCUT2D eigenvalue weighted by molar-refractivity contribution is 6.32. The van der Waals surface area contributed by atoms with E-state index in [0.29, 0.717) is 41.3 Å². The van der Waals surface area contributed by atoms with Crippen LogP contribution in [0.3, 0.4) is 0 Å². The molecule has 0 amide bonds. The molecule has 8 heteroatoms. The van der Waals surface area contributed by atoms with Crippen molar-refractivity contribution in [2.45, 2.75) is 25.7 Å². The minimum Gasteiger partial charge on any atom is -0.387 e. The Kier molecular flexibility index (Phi) is 5.44. The second-order valence-corrected chi connectivity index (χ2v) is 6.51. The third-order valence-corrected chi connectivity index (χ3v) is 4.18. The molecule has 132 valence electrons. The molecule has 7 nitrogen and oxygen atoms in total. The van der Waals surface area contributed by atoms with Crippen molar-refractivity contribution in [3.05, 3.63) is 41.0 Å². The molecule has 0 unspecified atom stereocenters. The van der Waals surface area contributed by atoms with Gasteiger partial charge in [-0.3, -0.25) is 0 Å². The van der Waals surface area contributed by atoms with Crippen molar-refractivity contribution >= 4 is 40.6 Å². The Labute approximate surface area is 156 Å². The molecule has 0 spiro atoms. The van der Waals surface area contributed by atoms with E-state index in [1.165, 1.54) is 6.20 Å². The van der Waals surface area contributed by atoms with Crippen LogP contribution in [0.4, 0.5) is 17.5 Å². The van der Waals surface area contributed by atoms with Crippen LogP contribution in [0.15, 0.2) is 35.5 Å². The fraction of sp³-hybridized carbons (Fsp3) is 0.278. The molecule has 1 aliphatic carbocycles. The van der Waals surface area contributed by atoms with Gasteiger partial charge in [-0.25, -0.2) is 9.98 Å². The quantitative estimate of drug-likeness (QED) is 0.507. The summed E-state index contributed by atoms with van der Waals surface area (Å²) < 4.78 is 0. The van der Waals surface area contributed by atoms with Gasteiger partial charge in [-0.05, 0) is 36.5 Å². The lowest BCUT2D eigenvalue weighted by Gasteiger charge is -2.07. The second kappa shape index (κ2) is 7.93. The molecular weight excluding hydrogens is 350 g/mol. The van der Waals surface area contributed by atoms with Crippen molar-refractivity contribution in [3.63, 3.8) is 0 Å². The van der Waals surface area contributed by atoms with E-state index in [0.717, 1.165) is 24.1 Å². The van der Waals surface area contributed by atoms with Gasteiger partial charge in [-0.15, -0.1) is 0 Å². The predicted octanol–water partition coefficient (Wildman–Crippen LogP) is 3.75. The molecule has 2 aromatic rings. The second-order valence-electron chi connectivity index (χ2n) is 6.10. The first-order valence-corrected chi connectivity index (χ1v) is 8.58. The first kappa shape index (κ1) is 17.8. The molecule has 0 aliphatic heterocycles. The number of nitriles is 1. The van der Waals surface area contributed by atoms with Crippen molar-refractivity contribution in [2.75, 3.05) is 5.32 Å². The number of anilines is 2. The third kappa shape index (κ3) is 4.77. The van der Waals surface area contributed by atoms with Crippen molar-refractivity contribution < 1.29 is 0 Å². The number of rotatable bonds is 7. The highest BCUT2D eigenvalue weighted by atomic mass is 35.5. The zero-order valence-electron chi connectivity index (χ0n) is 14.0. The van der Waals surface area contributed by atoms with Crippen LogP contribution in [0.2, 0.25) is 5.02 Å². The van der Waals surface area contributed by atoms with E-state index in [-0.39, 0.29) is 5.82 Å². The van der Waals surface area contributed by atoms with Gasteiger partial charge in [0.15, 0.2) is 5.82 Å². The standard InChI is InChI=1S/C18H18ClN7/c19-14-10-23-18(24-13-5-1-11(2-6-13)7-8-20)26-17(14)25-16(22)9-15(21)12-3-4-12/h1-2,5-6,10,12,21H,3-4,7,9H2,(H3,22,23,24,25,26). The lowest BCUT2D eigenvalue weighted by molar-refractivity contribution is 1.11. The van der Waals surface area contributed by atoms with Crippen LogP contribution in [-0.2, 0) is 6.42 Å². The van der Waals surface area contributed by atoms with Gasteiger partial charge < -0.3 is 16.5 Å². The molecule has 1 saturated carbocycles. The maximum absolute atomic E-state index is 8.71. The number of aliphatic imine (C=N–C) groups is 1. The summed E-state index contributed by atoms with van der Waals surface area (Å²) in [5.74, 6) is 1.28. The van der Waals surface area contributed by atoms with Gasteiger partial charge in [-0.1, -0.05) is 23.7 Å². The molecule has 1 heterocycles. The summed E-state index contributed by atoms with van der Waals surface area (Å²) in [5, 5.41) is 20.0. The van der Waals surface area contributed by atoms with E-state index in [2.05, 4.69) is 26.3 Å². The summed E-state index contributed by atoms with van der Waals surface area (Å²) in [5.41, 5.74) is 8.26. The van der Waals surface area contributed by atoms with E-state index in [4.69, 9.17) is 28.0 Å². The average molecular weight is 368 g/mol. The Balaban J connectivity index is 1.72. The SMILES string of the molecule is N#CCc1ccc(Nc2ncc(Cl)c(N=C(N)CC(=N)C3CC3)n2)cc1. The van der Waals surface area contributed by atoms with E-state index in [9.17, 15) is 0 Å². The maximum Gasteiger partial charge on any atom is 0.229 e. The van der Waals surface area contributed by atoms with E-state index >= 15 is 0 Å². The Hall–Kier alpha value is -2.98. The molecule has 0 saturated heterocycles. The lowest BCUT2D eigenvalue weighted by atomic mass is 10.1. The Morgan fingerprint density at radius 1 is 1.38 bits per heavy atom. The molecule has 4 N–H and O–H groups in total. The predicted molar refractivity (Wildman–Crippen MR) is 102 cm³/mol. The van der Waals surface area contributed by atoms with E-state index in [1.54, 1.807) is 0 Å². The molecule has 1 aromatic heterocycles. The Morgan fingerprint density at radius 2 is 2.12 bits per heavy atom. The van der Waals surface area contributed by atoms with Gasteiger partial charge in [0.05, 0.1) is 18.7 Å². The summed E-state index contributed by atoms with van der Waals surface area (Å²) in [6.45, 7) is 0. The summed E-state index contributed by atoms with van der Waals surface area (Å²) in [7, 11) is 0. The molecule has 3 rings (SSSR count). The van der Waals surface area contributed by atoms with Gasteiger partial charge >= 0.3 is 0 Å². The van der Waals surface area contributed by atoms with Crippen molar-refractivity contribution in [3.8, 4) is 6.07 Å². The zero-order valence-corrected chi connectivity index (χ0v) is 14.8. The highest BCUT2D eigenvalue weighted by Crippen LogP contribution is 2.31. The van der Waals surface area contributed by atoms with Crippen LogP contribution in [-0.4, -0.2) is 21.5 Å². The number of halogens is 1. The molecule has 26 heavy (non-hydrogen) atoms. The van der Waals surface area contributed by atoms with Crippen LogP contribution in [0.25, 0.3) is 0 Å².